The maximum Gasteiger partial charge on any atom is 0.347 e. The van der Waals surface area contributed by atoms with Gasteiger partial charge in [-0.25, -0.2) is 9.78 Å². The second kappa shape index (κ2) is 5.59. The maximum atomic E-state index is 10.9. The quantitative estimate of drug-likeness (QED) is 0.686. The minimum Gasteiger partial charge on any atom is -0.477 e. The van der Waals surface area contributed by atoms with Crippen LogP contribution >= 0.6 is 23.1 Å². The van der Waals surface area contributed by atoms with Gasteiger partial charge in [0.25, 0.3) is 5.69 Å². The molecule has 0 unspecified atom stereocenters. The SMILES string of the molecule is Cc1cc(Sc2nc(C)c(C(=O)O)s2)ccc1[N+](=O)[O-]. The molecule has 0 fully saturated rings. The maximum absolute atomic E-state index is 10.9. The molecular formula is C12H10N2O4S2. The number of hydrogen-bond acceptors (Lipinski definition) is 6. The van der Waals surface area contributed by atoms with Gasteiger partial charge in [-0.15, -0.1) is 11.3 Å². The van der Waals surface area contributed by atoms with Crippen molar-refractivity contribution in [1.82, 2.24) is 4.98 Å². The molecule has 0 bridgehead atoms. The monoisotopic (exact) mass is 310 g/mol. The molecule has 20 heavy (non-hydrogen) atoms. The minimum atomic E-state index is -0.994. The zero-order valence-electron chi connectivity index (χ0n) is 10.6. The molecule has 1 aromatic carbocycles. The number of nitrogens with zero attached hydrogens (tertiary/aromatic N) is 2. The third-order valence-corrected chi connectivity index (χ3v) is 4.74. The summed E-state index contributed by atoms with van der Waals surface area (Å²) in [6, 6.07) is 4.77. The lowest BCUT2D eigenvalue weighted by atomic mass is 10.2. The Labute approximate surface area is 122 Å². The predicted octanol–water partition coefficient (Wildman–Crippen LogP) is 3.52. The Morgan fingerprint density at radius 2 is 2.15 bits per heavy atom. The molecule has 104 valence electrons. The van der Waals surface area contributed by atoms with Gasteiger partial charge in [0.05, 0.1) is 10.6 Å². The fourth-order valence-electron chi connectivity index (χ4n) is 1.61. The largest absolute Gasteiger partial charge is 0.477 e. The van der Waals surface area contributed by atoms with Crippen LogP contribution in [0, 0.1) is 24.0 Å². The summed E-state index contributed by atoms with van der Waals surface area (Å²) in [4.78, 5) is 26.4. The number of hydrogen-bond donors (Lipinski definition) is 1. The van der Waals surface area contributed by atoms with Crippen LogP contribution in [0.25, 0.3) is 0 Å². The summed E-state index contributed by atoms with van der Waals surface area (Å²) >= 11 is 2.39. The van der Waals surface area contributed by atoms with Crippen molar-refractivity contribution in [2.45, 2.75) is 23.1 Å². The molecule has 0 radical (unpaired) electrons. The van der Waals surface area contributed by atoms with Gasteiger partial charge >= 0.3 is 5.97 Å². The van der Waals surface area contributed by atoms with Crippen molar-refractivity contribution in [3.05, 3.63) is 44.4 Å². The Bertz CT molecular complexity index is 697. The number of aromatic carboxylic acids is 1. The van der Waals surface area contributed by atoms with Gasteiger partial charge in [0.15, 0.2) is 4.34 Å². The summed E-state index contributed by atoms with van der Waals surface area (Å²) in [5, 5.41) is 19.7. The second-order valence-corrected chi connectivity index (χ2v) is 6.33. The van der Waals surface area contributed by atoms with Crippen molar-refractivity contribution in [3.63, 3.8) is 0 Å². The topological polar surface area (TPSA) is 93.3 Å². The molecule has 0 aliphatic heterocycles. The van der Waals surface area contributed by atoms with Crippen LogP contribution < -0.4 is 0 Å². The highest BCUT2D eigenvalue weighted by Gasteiger charge is 2.16. The van der Waals surface area contributed by atoms with Gasteiger partial charge in [0.1, 0.15) is 4.88 Å². The predicted molar refractivity (Wildman–Crippen MR) is 75.8 cm³/mol. The molecular weight excluding hydrogens is 300 g/mol. The Kier molecular flexibility index (Phi) is 4.05. The van der Waals surface area contributed by atoms with Gasteiger partial charge in [-0.05, 0) is 26.0 Å². The first-order chi connectivity index (χ1) is 9.38. The first-order valence-corrected chi connectivity index (χ1v) is 7.15. The van der Waals surface area contributed by atoms with Gasteiger partial charge in [-0.2, -0.15) is 0 Å². The summed E-state index contributed by atoms with van der Waals surface area (Å²) < 4.78 is 0.605. The van der Waals surface area contributed by atoms with E-state index in [0.29, 0.717) is 15.6 Å². The summed E-state index contributed by atoms with van der Waals surface area (Å²) in [5.74, 6) is -0.994. The number of carboxylic acids is 1. The highest BCUT2D eigenvalue weighted by Crippen LogP contribution is 2.34. The van der Waals surface area contributed by atoms with Gasteiger partial charge in [0, 0.05) is 16.5 Å². The van der Waals surface area contributed by atoms with Crippen molar-refractivity contribution < 1.29 is 14.8 Å². The number of thiazole rings is 1. The van der Waals surface area contributed by atoms with E-state index in [4.69, 9.17) is 5.11 Å². The number of nitro groups is 1. The molecule has 1 aromatic heterocycles. The number of benzene rings is 1. The zero-order chi connectivity index (χ0) is 14.9. The van der Waals surface area contributed by atoms with Crippen molar-refractivity contribution in [1.29, 1.82) is 0 Å². The first kappa shape index (κ1) is 14.5. The Morgan fingerprint density at radius 1 is 1.45 bits per heavy atom. The summed E-state index contributed by atoms with van der Waals surface area (Å²) in [6.07, 6.45) is 0. The van der Waals surface area contributed by atoms with E-state index >= 15 is 0 Å². The van der Waals surface area contributed by atoms with Crippen molar-refractivity contribution in [3.8, 4) is 0 Å². The van der Waals surface area contributed by atoms with E-state index in [1.807, 2.05) is 0 Å². The molecule has 0 amide bonds. The second-order valence-electron chi connectivity index (χ2n) is 4.01. The van der Waals surface area contributed by atoms with Crippen LogP contribution in [0.4, 0.5) is 5.69 Å². The van der Waals surface area contributed by atoms with Gasteiger partial charge in [0.2, 0.25) is 0 Å². The molecule has 0 aliphatic rings. The van der Waals surface area contributed by atoms with Gasteiger partial charge < -0.3 is 5.11 Å². The van der Waals surface area contributed by atoms with Crippen molar-refractivity contribution >= 4 is 34.8 Å². The zero-order valence-corrected chi connectivity index (χ0v) is 12.2. The Balaban J connectivity index is 2.26. The lowest BCUT2D eigenvalue weighted by Gasteiger charge is -2.00. The van der Waals surface area contributed by atoms with E-state index < -0.39 is 10.9 Å². The Hall–Kier alpha value is -1.93. The molecule has 2 rings (SSSR count). The van der Waals surface area contributed by atoms with Crippen LogP contribution in [0.2, 0.25) is 0 Å². The standard InChI is InChI=1S/C12H10N2O4S2/c1-6-5-8(3-4-9(6)14(17)18)19-12-13-7(2)10(20-12)11(15)16/h3-5H,1-2H3,(H,15,16). The van der Waals surface area contributed by atoms with E-state index in [-0.39, 0.29) is 10.6 Å². The smallest absolute Gasteiger partial charge is 0.347 e. The van der Waals surface area contributed by atoms with Gasteiger partial charge in [-0.1, -0.05) is 11.8 Å². The molecule has 0 aliphatic carbocycles. The molecule has 0 saturated carbocycles. The lowest BCUT2D eigenvalue weighted by Crippen LogP contribution is -1.94. The number of aryl methyl sites for hydroxylation is 2. The van der Waals surface area contributed by atoms with Gasteiger partial charge in [-0.3, -0.25) is 10.1 Å². The third kappa shape index (κ3) is 2.97. The van der Waals surface area contributed by atoms with Crippen LogP contribution in [0.15, 0.2) is 27.4 Å². The average Bonchev–Trinajstić information content (AvgIpc) is 2.70. The van der Waals surface area contributed by atoms with E-state index in [1.54, 1.807) is 26.0 Å². The molecule has 1 heterocycles. The first-order valence-electron chi connectivity index (χ1n) is 5.52. The van der Waals surface area contributed by atoms with Crippen LogP contribution in [-0.4, -0.2) is 21.0 Å². The Morgan fingerprint density at radius 3 is 2.65 bits per heavy atom. The number of carboxylic acid groups (broad SMARTS) is 1. The normalized spacial score (nSPS) is 10.5. The minimum absolute atomic E-state index is 0.0656. The number of nitro benzene ring substituents is 1. The van der Waals surface area contributed by atoms with Crippen LogP contribution in [0.1, 0.15) is 20.9 Å². The molecule has 0 spiro atoms. The average molecular weight is 310 g/mol. The van der Waals surface area contributed by atoms with Crippen LogP contribution in [0.3, 0.4) is 0 Å². The summed E-state index contributed by atoms with van der Waals surface area (Å²) in [6.45, 7) is 3.31. The molecule has 0 saturated heterocycles. The van der Waals surface area contributed by atoms with Crippen LogP contribution in [0.5, 0.6) is 0 Å². The van der Waals surface area contributed by atoms with Crippen molar-refractivity contribution in [2.24, 2.45) is 0 Å². The fourth-order valence-corrected chi connectivity index (χ4v) is 3.71. The van der Waals surface area contributed by atoms with E-state index in [2.05, 4.69) is 4.98 Å². The summed E-state index contributed by atoms with van der Waals surface area (Å²) in [5.41, 5.74) is 1.10. The number of rotatable bonds is 4. The third-order valence-electron chi connectivity index (χ3n) is 2.54. The van der Waals surface area contributed by atoms with E-state index in [0.717, 1.165) is 16.2 Å². The number of carbonyl (C=O) groups is 1. The highest BCUT2D eigenvalue weighted by molar-refractivity contribution is 8.01. The molecule has 0 atom stereocenters. The van der Waals surface area contributed by atoms with Crippen LogP contribution in [-0.2, 0) is 0 Å². The van der Waals surface area contributed by atoms with E-state index in [1.165, 1.54) is 17.8 Å². The lowest BCUT2D eigenvalue weighted by molar-refractivity contribution is -0.385. The molecule has 2 aromatic rings. The molecule has 1 N–H and O–H groups in total. The highest BCUT2D eigenvalue weighted by atomic mass is 32.2. The van der Waals surface area contributed by atoms with E-state index in [9.17, 15) is 14.9 Å². The summed E-state index contributed by atoms with van der Waals surface area (Å²) in [7, 11) is 0. The number of aromatic nitrogens is 1. The van der Waals surface area contributed by atoms with Crippen molar-refractivity contribution in [2.75, 3.05) is 0 Å². The molecule has 8 heteroatoms. The molecule has 6 nitrogen and oxygen atoms in total. The fraction of sp³-hybridized carbons (Fsp3) is 0.167.